The van der Waals surface area contributed by atoms with Crippen molar-refractivity contribution in [2.75, 3.05) is 7.11 Å². The first kappa shape index (κ1) is 24.2. The van der Waals surface area contributed by atoms with Gasteiger partial charge in [0.1, 0.15) is 5.82 Å². The summed E-state index contributed by atoms with van der Waals surface area (Å²) in [4.78, 5) is 28.9. The highest BCUT2D eigenvalue weighted by Gasteiger charge is 2.19. The topological polar surface area (TPSA) is 103 Å². The van der Waals surface area contributed by atoms with Crippen LogP contribution in [-0.4, -0.2) is 40.2 Å². The number of aliphatic carboxylic acids is 1. The maximum Gasteiger partial charge on any atom is 0.344 e. The second kappa shape index (κ2) is 10.4. The van der Waals surface area contributed by atoms with Crippen molar-refractivity contribution in [3.63, 3.8) is 0 Å². The van der Waals surface area contributed by atoms with Crippen LogP contribution in [0.5, 0.6) is 11.5 Å². The summed E-state index contributed by atoms with van der Waals surface area (Å²) in [5, 5.41) is 14.1. The third kappa shape index (κ3) is 5.31. The van der Waals surface area contributed by atoms with Crippen LogP contribution in [0.4, 0.5) is 0 Å². The fourth-order valence-electron chi connectivity index (χ4n) is 3.24. The fourth-order valence-corrected chi connectivity index (χ4v) is 3.61. The van der Waals surface area contributed by atoms with E-state index in [1.165, 1.54) is 24.9 Å². The molecule has 3 rings (SSSR count). The first-order valence-corrected chi connectivity index (χ1v) is 11.0. The van der Waals surface area contributed by atoms with Gasteiger partial charge in [-0.15, -0.1) is 6.58 Å². The van der Waals surface area contributed by atoms with Crippen LogP contribution in [0, 0.1) is 0 Å². The Balaban J connectivity index is 2.10. The predicted octanol–water partition coefficient (Wildman–Crippen LogP) is 4.19. The number of fused-ring (bicyclic) bond motifs is 1. The van der Waals surface area contributed by atoms with Crippen molar-refractivity contribution < 1.29 is 19.4 Å². The quantitative estimate of drug-likeness (QED) is 0.339. The molecule has 0 bridgehead atoms. The molecule has 0 spiro atoms. The van der Waals surface area contributed by atoms with Crippen LogP contribution >= 0.6 is 15.9 Å². The van der Waals surface area contributed by atoms with E-state index >= 15 is 0 Å². The zero-order chi connectivity index (χ0) is 24.1. The van der Waals surface area contributed by atoms with Crippen molar-refractivity contribution in [2.24, 2.45) is 5.10 Å². The molecule has 0 radical (unpaired) electrons. The number of hydrogen-bond acceptors (Lipinski definition) is 6. The van der Waals surface area contributed by atoms with Crippen LogP contribution < -0.4 is 15.0 Å². The number of halogens is 1. The van der Waals surface area contributed by atoms with Crippen LogP contribution in [0.1, 0.15) is 30.8 Å². The molecule has 0 aliphatic carbocycles. The Hall–Kier alpha value is -3.46. The van der Waals surface area contributed by atoms with Crippen LogP contribution in [-0.2, 0) is 17.6 Å². The van der Waals surface area contributed by atoms with E-state index < -0.39 is 12.1 Å². The van der Waals surface area contributed by atoms with E-state index in [2.05, 4.69) is 32.6 Å². The molecule has 0 amide bonds. The Morgan fingerprint density at radius 3 is 2.76 bits per heavy atom. The summed E-state index contributed by atoms with van der Waals surface area (Å²) in [5.41, 5.74) is 1.66. The molecule has 0 fully saturated rings. The minimum absolute atomic E-state index is 0.275. The van der Waals surface area contributed by atoms with E-state index in [4.69, 9.17) is 9.47 Å². The first-order valence-electron chi connectivity index (χ1n) is 10.3. The van der Waals surface area contributed by atoms with Gasteiger partial charge >= 0.3 is 5.97 Å². The molecule has 0 saturated carbocycles. The second-order valence-electron chi connectivity index (χ2n) is 7.21. The number of ether oxygens (including phenoxy) is 2. The van der Waals surface area contributed by atoms with Gasteiger partial charge in [0.25, 0.3) is 5.56 Å². The highest BCUT2D eigenvalue weighted by Crippen LogP contribution is 2.34. The number of carbonyl (C=O) groups is 1. The van der Waals surface area contributed by atoms with Crippen LogP contribution in [0.3, 0.4) is 0 Å². The van der Waals surface area contributed by atoms with Gasteiger partial charge in [0.2, 0.25) is 0 Å². The van der Waals surface area contributed by atoms with Gasteiger partial charge in [0, 0.05) is 16.5 Å². The van der Waals surface area contributed by atoms with Gasteiger partial charge in [-0.2, -0.15) is 9.78 Å². The maximum absolute atomic E-state index is 13.1. The van der Waals surface area contributed by atoms with E-state index in [9.17, 15) is 14.7 Å². The zero-order valence-corrected chi connectivity index (χ0v) is 20.1. The van der Waals surface area contributed by atoms with E-state index in [1.807, 2.05) is 13.0 Å². The number of carboxylic acid groups (broad SMARTS) is 1. The van der Waals surface area contributed by atoms with E-state index in [1.54, 1.807) is 30.3 Å². The maximum atomic E-state index is 13.1. The molecule has 2 aromatic carbocycles. The Bertz CT molecular complexity index is 1300. The number of rotatable bonds is 9. The molecule has 0 aliphatic heterocycles. The fraction of sp³-hybridized carbons (Fsp3) is 0.250. The van der Waals surface area contributed by atoms with E-state index in [0.717, 1.165) is 4.47 Å². The summed E-state index contributed by atoms with van der Waals surface area (Å²) >= 11 is 3.39. The first-order chi connectivity index (χ1) is 15.8. The van der Waals surface area contributed by atoms with Crippen molar-refractivity contribution in [1.82, 2.24) is 9.66 Å². The van der Waals surface area contributed by atoms with Gasteiger partial charge in [0.15, 0.2) is 17.6 Å². The lowest BCUT2D eigenvalue weighted by Gasteiger charge is -2.18. The highest BCUT2D eigenvalue weighted by molar-refractivity contribution is 9.10. The van der Waals surface area contributed by atoms with E-state index in [-0.39, 0.29) is 5.56 Å². The van der Waals surface area contributed by atoms with Gasteiger partial charge in [-0.25, -0.2) is 9.78 Å². The molecule has 0 unspecified atom stereocenters. The molecule has 0 aliphatic rings. The second-order valence-corrected chi connectivity index (χ2v) is 8.12. The average Bonchev–Trinajstić information content (AvgIpc) is 2.79. The Kier molecular flexibility index (Phi) is 7.65. The minimum Gasteiger partial charge on any atom is -0.493 e. The number of aryl methyl sites for hydroxylation is 1. The smallest absolute Gasteiger partial charge is 0.344 e. The van der Waals surface area contributed by atoms with Crippen molar-refractivity contribution >= 4 is 39.0 Å². The Labute approximate surface area is 199 Å². The van der Waals surface area contributed by atoms with Crippen molar-refractivity contribution in [3.05, 3.63) is 74.8 Å². The molecule has 1 atom stereocenters. The SMILES string of the molecule is C=CCc1cc(C=Nn2c(CC)nc3ccc(Br)cc3c2=O)cc(OC)c1O[C@H](C)C(=O)O. The summed E-state index contributed by atoms with van der Waals surface area (Å²) in [5.74, 6) is 0.120. The third-order valence-electron chi connectivity index (χ3n) is 4.89. The summed E-state index contributed by atoms with van der Waals surface area (Å²) in [6.45, 7) is 7.10. The van der Waals surface area contributed by atoms with Crippen LogP contribution in [0.15, 0.2) is 57.4 Å². The van der Waals surface area contributed by atoms with Crippen molar-refractivity contribution in [2.45, 2.75) is 32.8 Å². The van der Waals surface area contributed by atoms with Gasteiger partial charge in [-0.3, -0.25) is 4.79 Å². The molecule has 33 heavy (non-hydrogen) atoms. The summed E-state index contributed by atoms with van der Waals surface area (Å²) in [6, 6.07) is 8.81. The summed E-state index contributed by atoms with van der Waals surface area (Å²) in [6.07, 6.45) is 3.09. The molecule has 3 aromatic rings. The van der Waals surface area contributed by atoms with Crippen LogP contribution in [0.25, 0.3) is 10.9 Å². The predicted molar refractivity (Wildman–Crippen MR) is 131 cm³/mol. The van der Waals surface area contributed by atoms with Crippen molar-refractivity contribution in [3.8, 4) is 11.5 Å². The number of hydrogen-bond donors (Lipinski definition) is 1. The third-order valence-corrected chi connectivity index (χ3v) is 5.39. The largest absolute Gasteiger partial charge is 0.493 e. The normalized spacial score (nSPS) is 12.1. The average molecular weight is 514 g/mol. The molecule has 1 N–H and O–H groups in total. The monoisotopic (exact) mass is 513 g/mol. The Morgan fingerprint density at radius 2 is 2.12 bits per heavy atom. The molecule has 1 heterocycles. The van der Waals surface area contributed by atoms with Gasteiger partial charge in [0.05, 0.1) is 24.2 Å². The Morgan fingerprint density at radius 1 is 1.36 bits per heavy atom. The van der Waals surface area contributed by atoms with Crippen molar-refractivity contribution in [1.29, 1.82) is 0 Å². The lowest BCUT2D eigenvalue weighted by atomic mass is 10.1. The summed E-state index contributed by atoms with van der Waals surface area (Å²) in [7, 11) is 1.47. The molecule has 172 valence electrons. The summed E-state index contributed by atoms with van der Waals surface area (Å²) < 4.78 is 13.1. The molecular formula is C24H24BrN3O5. The number of methoxy groups -OCH3 is 1. The number of allylic oxidation sites excluding steroid dienone is 1. The minimum atomic E-state index is -1.09. The highest BCUT2D eigenvalue weighted by atomic mass is 79.9. The lowest BCUT2D eigenvalue weighted by molar-refractivity contribution is -0.144. The molecule has 1 aromatic heterocycles. The van der Waals surface area contributed by atoms with Gasteiger partial charge in [-0.05, 0) is 49.2 Å². The number of carboxylic acids is 1. The number of nitrogens with zero attached hydrogens (tertiary/aromatic N) is 3. The standard InChI is InChI=1S/C24H24BrN3O5/c1-5-7-16-10-15(11-20(32-4)22(16)33-14(3)24(30)31)13-26-28-21(6-2)27-19-9-8-17(25)12-18(19)23(28)29/h5,8-14H,1,6-7H2,2-4H3,(H,30,31)/t14-/m1/s1. The van der Waals surface area contributed by atoms with Gasteiger partial charge < -0.3 is 14.6 Å². The number of aromatic nitrogens is 2. The van der Waals surface area contributed by atoms with Crippen LogP contribution in [0.2, 0.25) is 0 Å². The van der Waals surface area contributed by atoms with E-state index in [0.29, 0.717) is 52.2 Å². The lowest BCUT2D eigenvalue weighted by Crippen LogP contribution is -2.24. The van der Waals surface area contributed by atoms with Gasteiger partial charge in [-0.1, -0.05) is 28.9 Å². The molecular weight excluding hydrogens is 490 g/mol. The molecule has 9 heteroatoms. The zero-order valence-electron chi connectivity index (χ0n) is 18.5. The molecule has 8 nitrogen and oxygen atoms in total. The number of benzene rings is 2. The molecule has 0 saturated heterocycles.